The fraction of sp³-hybridized carbons (Fsp3) is 0.733. The average molecular weight is 202 g/mol. The third-order valence-electron chi connectivity index (χ3n) is 5.12. The van der Waals surface area contributed by atoms with Crippen molar-refractivity contribution in [3.05, 3.63) is 24.3 Å². The molecule has 2 saturated carbocycles. The minimum atomic E-state index is 0.489. The fourth-order valence-electron chi connectivity index (χ4n) is 3.93. The molecular weight excluding hydrogens is 180 g/mol. The Hall–Kier alpha value is -0.520. The Morgan fingerprint density at radius 3 is 1.80 bits per heavy atom. The van der Waals surface area contributed by atoms with E-state index in [1.807, 2.05) is 0 Å². The van der Waals surface area contributed by atoms with Gasteiger partial charge in [0.1, 0.15) is 0 Å². The van der Waals surface area contributed by atoms with Crippen LogP contribution >= 0.6 is 0 Å². The smallest absolute Gasteiger partial charge is 0.00675 e. The van der Waals surface area contributed by atoms with Gasteiger partial charge in [0.05, 0.1) is 0 Å². The highest BCUT2D eigenvalue weighted by atomic mass is 14.5. The van der Waals surface area contributed by atoms with E-state index in [1.54, 1.807) is 0 Å². The van der Waals surface area contributed by atoms with E-state index >= 15 is 0 Å². The molecule has 3 aliphatic rings. The van der Waals surface area contributed by atoms with Crippen molar-refractivity contribution in [2.24, 2.45) is 10.8 Å². The molecule has 0 aromatic rings. The van der Waals surface area contributed by atoms with Crippen molar-refractivity contribution in [3.63, 3.8) is 0 Å². The highest BCUT2D eigenvalue weighted by Crippen LogP contribution is 2.54. The molecule has 0 unspecified atom stereocenters. The molecule has 82 valence electrons. The van der Waals surface area contributed by atoms with Crippen LogP contribution in [0.15, 0.2) is 24.3 Å². The molecule has 0 heteroatoms. The number of hydrogen-bond donors (Lipinski definition) is 0. The van der Waals surface area contributed by atoms with Crippen molar-refractivity contribution in [1.82, 2.24) is 0 Å². The van der Waals surface area contributed by atoms with E-state index in [9.17, 15) is 0 Å². The summed E-state index contributed by atoms with van der Waals surface area (Å²) in [6.07, 6.45) is 22.7. The van der Waals surface area contributed by atoms with Gasteiger partial charge >= 0.3 is 0 Å². The van der Waals surface area contributed by atoms with Gasteiger partial charge in [0, 0.05) is 5.41 Å². The molecule has 3 rings (SSSR count). The lowest BCUT2D eigenvalue weighted by atomic mass is 9.59. The van der Waals surface area contributed by atoms with Gasteiger partial charge in [0.2, 0.25) is 0 Å². The van der Waals surface area contributed by atoms with E-state index in [0.29, 0.717) is 5.41 Å². The zero-order valence-electron chi connectivity index (χ0n) is 9.67. The van der Waals surface area contributed by atoms with Gasteiger partial charge in [-0.3, -0.25) is 0 Å². The summed E-state index contributed by atoms with van der Waals surface area (Å²) < 4.78 is 0. The van der Waals surface area contributed by atoms with Crippen LogP contribution in [-0.2, 0) is 0 Å². The predicted molar refractivity (Wildman–Crippen MR) is 64.7 cm³/mol. The quantitative estimate of drug-likeness (QED) is 0.537. The standard InChI is InChI=1S/C15H22/c1-2-6-14(7-3-1)10-12-15(13-11-14)8-4-5-9-15/h4-5,8-9H,1-3,6-7,10-13H2. The third kappa shape index (κ3) is 1.68. The SMILES string of the molecule is C1=CC2(C=C1)CCC1(CCCCC1)CC2. The highest BCUT2D eigenvalue weighted by molar-refractivity contribution is 5.26. The average Bonchev–Trinajstić information content (AvgIpc) is 2.74. The molecule has 0 aliphatic heterocycles. The molecule has 0 atom stereocenters. The van der Waals surface area contributed by atoms with Crippen molar-refractivity contribution in [2.45, 2.75) is 57.8 Å². The first-order valence-corrected chi connectivity index (χ1v) is 6.70. The minimum absolute atomic E-state index is 0.489. The molecule has 2 spiro atoms. The summed E-state index contributed by atoms with van der Waals surface area (Å²) in [6, 6.07) is 0. The monoisotopic (exact) mass is 202 g/mol. The Labute approximate surface area is 93.5 Å². The Morgan fingerprint density at radius 1 is 0.600 bits per heavy atom. The second kappa shape index (κ2) is 3.50. The Bertz CT molecular complexity index is 265. The maximum absolute atomic E-state index is 2.45. The van der Waals surface area contributed by atoms with Gasteiger partial charge in [0.25, 0.3) is 0 Å². The van der Waals surface area contributed by atoms with Crippen LogP contribution < -0.4 is 0 Å². The van der Waals surface area contributed by atoms with Crippen LogP contribution in [-0.4, -0.2) is 0 Å². The van der Waals surface area contributed by atoms with Gasteiger partial charge in [-0.1, -0.05) is 43.6 Å². The van der Waals surface area contributed by atoms with Gasteiger partial charge < -0.3 is 0 Å². The molecule has 0 aromatic heterocycles. The fourth-order valence-corrected chi connectivity index (χ4v) is 3.93. The zero-order chi connectivity index (χ0) is 10.2. The number of rotatable bonds is 0. The summed E-state index contributed by atoms with van der Waals surface area (Å²) in [4.78, 5) is 0. The maximum Gasteiger partial charge on any atom is 0.00675 e. The first-order valence-electron chi connectivity index (χ1n) is 6.70. The summed E-state index contributed by atoms with van der Waals surface area (Å²) in [6.45, 7) is 0. The lowest BCUT2D eigenvalue weighted by molar-refractivity contribution is 0.0877. The van der Waals surface area contributed by atoms with Crippen molar-refractivity contribution < 1.29 is 0 Å². The minimum Gasteiger partial charge on any atom is -0.0745 e. The van der Waals surface area contributed by atoms with Crippen LogP contribution in [0, 0.1) is 10.8 Å². The first-order chi connectivity index (χ1) is 7.33. The van der Waals surface area contributed by atoms with Crippen LogP contribution in [0.4, 0.5) is 0 Å². The predicted octanol–water partition coefficient (Wildman–Crippen LogP) is 4.62. The molecule has 0 nitrogen and oxygen atoms in total. The maximum atomic E-state index is 2.45. The van der Waals surface area contributed by atoms with Crippen molar-refractivity contribution >= 4 is 0 Å². The van der Waals surface area contributed by atoms with Crippen molar-refractivity contribution in [2.75, 3.05) is 0 Å². The second-order valence-corrected chi connectivity index (χ2v) is 6.01. The Morgan fingerprint density at radius 2 is 1.20 bits per heavy atom. The third-order valence-corrected chi connectivity index (χ3v) is 5.12. The van der Waals surface area contributed by atoms with E-state index in [-0.39, 0.29) is 0 Å². The number of hydrogen-bond acceptors (Lipinski definition) is 0. The van der Waals surface area contributed by atoms with Crippen LogP contribution in [0.1, 0.15) is 57.8 Å². The second-order valence-electron chi connectivity index (χ2n) is 6.01. The normalized spacial score (nSPS) is 31.5. The van der Waals surface area contributed by atoms with Crippen molar-refractivity contribution in [3.8, 4) is 0 Å². The topological polar surface area (TPSA) is 0 Å². The van der Waals surface area contributed by atoms with Gasteiger partial charge in [-0.25, -0.2) is 0 Å². The van der Waals surface area contributed by atoms with Gasteiger partial charge in [-0.15, -0.1) is 0 Å². The van der Waals surface area contributed by atoms with Gasteiger partial charge in [-0.2, -0.15) is 0 Å². The van der Waals surface area contributed by atoms with E-state index in [2.05, 4.69) is 24.3 Å². The van der Waals surface area contributed by atoms with E-state index in [1.165, 1.54) is 57.8 Å². The van der Waals surface area contributed by atoms with E-state index < -0.39 is 0 Å². The molecule has 0 amide bonds. The van der Waals surface area contributed by atoms with E-state index in [0.717, 1.165) is 5.41 Å². The molecular formula is C15H22. The summed E-state index contributed by atoms with van der Waals surface area (Å²) in [7, 11) is 0. The molecule has 15 heavy (non-hydrogen) atoms. The van der Waals surface area contributed by atoms with Crippen LogP contribution in [0.3, 0.4) is 0 Å². The molecule has 2 fully saturated rings. The molecule has 0 aromatic carbocycles. The summed E-state index contributed by atoms with van der Waals surface area (Å²) in [5.41, 5.74) is 1.26. The van der Waals surface area contributed by atoms with Crippen molar-refractivity contribution in [1.29, 1.82) is 0 Å². The highest BCUT2D eigenvalue weighted by Gasteiger charge is 2.41. The van der Waals surface area contributed by atoms with Gasteiger partial charge in [0.15, 0.2) is 0 Å². The number of allylic oxidation sites excluding steroid dienone is 4. The molecule has 0 bridgehead atoms. The first kappa shape index (κ1) is 9.69. The molecule has 0 N–H and O–H groups in total. The van der Waals surface area contributed by atoms with Crippen LogP contribution in [0.25, 0.3) is 0 Å². The van der Waals surface area contributed by atoms with Crippen LogP contribution in [0.5, 0.6) is 0 Å². The lowest BCUT2D eigenvalue weighted by Gasteiger charge is -2.46. The largest absolute Gasteiger partial charge is 0.0745 e. The molecule has 0 radical (unpaired) electrons. The molecule has 0 saturated heterocycles. The summed E-state index contributed by atoms with van der Waals surface area (Å²) in [5, 5.41) is 0. The molecule has 3 aliphatic carbocycles. The summed E-state index contributed by atoms with van der Waals surface area (Å²) >= 11 is 0. The molecule has 0 heterocycles. The Balaban J connectivity index is 1.69. The van der Waals surface area contributed by atoms with Crippen LogP contribution in [0.2, 0.25) is 0 Å². The Kier molecular flexibility index (Phi) is 2.26. The van der Waals surface area contributed by atoms with E-state index in [4.69, 9.17) is 0 Å². The zero-order valence-corrected chi connectivity index (χ0v) is 9.67. The summed E-state index contributed by atoms with van der Waals surface area (Å²) in [5.74, 6) is 0. The van der Waals surface area contributed by atoms with Gasteiger partial charge in [-0.05, 0) is 43.9 Å². The lowest BCUT2D eigenvalue weighted by Crippen LogP contribution is -2.33.